The molecule has 1 heteroatoms. The highest BCUT2D eigenvalue weighted by Crippen LogP contribution is 2.11. The summed E-state index contributed by atoms with van der Waals surface area (Å²) in [7, 11) is 0. The molecule has 0 atom stereocenters. The van der Waals surface area contributed by atoms with Gasteiger partial charge in [-0.05, 0) is 24.6 Å². The van der Waals surface area contributed by atoms with Crippen LogP contribution in [-0.4, -0.2) is 4.98 Å². The Morgan fingerprint density at radius 2 is 2.15 bits per heavy atom. The Labute approximate surface area is 78.4 Å². The van der Waals surface area contributed by atoms with Crippen LogP contribution in [0.2, 0.25) is 0 Å². The molecule has 0 N–H and O–H groups in total. The first kappa shape index (κ1) is 8.24. The highest BCUT2D eigenvalue weighted by Gasteiger charge is 1.96. The molecule has 1 aromatic heterocycles. The van der Waals surface area contributed by atoms with Gasteiger partial charge in [0.05, 0.1) is 5.52 Å². The van der Waals surface area contributed by atoms with Crippen molar-refractivity contribution in [2.24, 2.45) is 0 Å². The van der Waals surface area contributed by atoms with E-state index < -0.39 is 0 Å². The molecule has 65 valence electrons. The van der Waals surface area contributed by atoms with E-state index in [0.29, 0.717) is 0 Å². The molecule has 2 rings (SSSR count). The molecule has 1 radical (unpaired) electrons. The molecule has 0 aliphatic heterocycles. The lowest BCUT2D eigenvalue weighted by Crippen LogP contribution is -1.89. The monoisotopic (exact) mass is 170 g/mol. The van der Waals surface area contributed by atoms with E-state index in [1.54, 1.807) is 0 Å². The molecule has 0 amide bonds. The largest absolute Gasteiger partial charge is 0.253 e. The van der Waals surface area contributed by atoms with Crippen molar-refractivity contribution in [2.45, 2.75) is 19.8 Å². The SMILES string of the molecule is CCCc1c[c]c2ccccc2n1. The summed E-state index contributed by atoms with van der Waals surface area (Å²) >= 11 is 0. The van der Waals surface area contributed by atoms with Crippen molar-refractivity contribution in [3.63, 3.8) is 0 Å². The fraction of sp³-hybridized carbons (Fsp3) is 0.250. The molecule has 2 aromatic rings. The van der Waals surface area contributed by atoms with Gasteiger partial charge >= 0.3 is 0 Å². The lowest BCUT2D eigenvalue weighted by molar-refractivity contribution is 0.889. The van der Waals surface area contributed by atoms with Crippen LogP contribution in [0.3, 0.4) is 0 Å². The molecule has 0 saturated carbocycles. The summed E-state index contributed by atoms with van der Waals surface area (Å²) in [6.07, 6.45) is 2.18. The van der Waals surface area contributed by atoms with E-state index in [4.69, 9.17) is 0 Å². The van der Waals surface area contributed by atoms with Crippen LogP contribution in [0.25, 0.3) is 10.9 Å². The van der Waals surface area contributed by atoms with Crippen LogP contribution in [0.5, 0.6) is 0 Å². The lowest BCUT2D eigenvalue weighted by Gasteiger charge is -1.99. The Bertz CT molecular complexity index is 407. The third-order valence-electron chi connectivity index (χ3n) is 2.07. The number of aromatic nitrogens is 1. The van der Waals surface area contributed by atoms with Gasteiger partial charge in [-0.25, -0.2) is 0 Å². The smallest absolute Gasteiger partial charge is 0.0711 e. The fourth-order valence-corrected chi connectivity index (χ4v) is 1.43. The fourth-order valence-electron chi connectivity index (χ4n) is 1.43. The molecule has 0 saturated heterocycles. The number of benzene rings is 1. The summed E-state index contributed by atoms with van der Waals surface area (Å²) in [5.41, 5.74) is 2.19. The van der Waals surface area contributed by atoms with Crippen LogP contribution in [-0.2, 0) is 6.42 Å². The molecule has 13 heavy (non-hydrogen) atoms. The summed E-state index contributed by atoms with van der Waals surface area (Å²) < 4.78 is 0. The van der Waals surface area contributed by atoms with Crippen LogP contribution in [0.1, 0.15) is 19.0 Å². The molecule has 1 heterocycles. The molecular formula is C12H12N. The molecule has 0 spiro atoms. The summed E-state index contributed by atoms with van der Waals surface area (Å²) in [5.74, 6) is 0. The molecule has 1 nitrogen and oxygen atoms in total. The van der Waals surface area contributed by atoms with Gasteiger partial charge in [0, 0.05) is 11.1 Å². The third-order valence-corrected chi connectivity index (χ3v) is 2.07. The van der Waals surface area contributed by atoms with Crippen LogP contribution in [0, 0.1) is 6.07 Å². The first-order valence-electron chi connectivity index (χ1n) is 4.66. The second-order valence-electron chi connectivity index (χ2n) is 3.16. The number of aryl methyl sites for hydroxylation is 1. The van der Waals surface area contributed by atoms with Gasteiger partial charge < -0.3 is 0 Å². The minimum absolute atomic E-state index is 1.04. The Kier molecular flexibility index (Phi) is 2.26. The molecular weight excluding hydrogens is 158 g/mol. The minimum Gasteiger partial charge on any atom is -0.253 e. The second-order valence-corrected chi connectivity index (χ2v) is 3.16. The summed E-state index contributed by atoms with van der Waals surface area (Å²) in [4.78, 5) is 4.53. The number of para-hydroxylation sites is 1. The molecule has 0 unspecified atom stereocenters. The summed E-state index contributed by atoms with van der Waals surface area (Å²) in [6, 6.07) is 13.3. The van der Waals surface area contributed by atoms with E-state index in [1.807, 2.05) is 30.3 Å². The van der Waals surface area contributed by atoms with E-state index >= 15 is 0 Å². The number of rotatable bonds is 2. The van der Waals surface area contributed by atoms with Crippen molar-refractivity contribution in [2.75, 3.05) is 0 Å². The first-order valence-corrected chi connectivity index (χ1v) is 4.66. The number of pyridine rings is 1. The van der Waals surface area contributed by atoms with Crippen molar-refractivity contribution in [3.05, 3.63) is 42.1 Å². The predicted molar refractivity (Wildman–Crippen MR) is 54.6 cm³/mol. The molecule has 0 bridgehead atoms. The molecule has 0 aliphatic rings. The van der Waals surface area contributed by atoms with Crippen LogP contribution in [0.4, 0.5) is 0 Å². The summed E-state index contributed by atoms with van der Waals surface area (Å²) in [6.45, 7) is 2.16. The van der Waals surface area contributed by atoms with Crippen LogP contribution in [0.15, 0.2) is 30.3 Å². The maximum atomic E-state index is 4.53. The topological polar surface area (TPSA) is 12.9 Å². The maximum absolute atomic E-state index is 4.53. The Hall–Kier alpha value is -1.37. The molecule has 0 fully saturated rings. The van der Waals surface area contributed by atoms with E-state index in [9.17, 15) is 0 Å². The van der Waals surface area contributed by atoms with Gasteiger partial charge in [-0.1, -0.05) is 31.5 Å². The minimum atomic E-state index is 1.04. The number of hydrogen-bond acceptors (Lipinski definition) is 1. The second kappa shape index (κ2) is 3.56. The van der Waals surface area contributed by atoms with E-state index in [1.165, 1.54) is 0 Å². The average molecular weight is 170 g/mol. The number of fused-ring (bicyclic) bond motifs is 1. The van der Waals surface area contributed by atoms with Gasteiger partial charge in [-0.2, -0.15) is 0 Å². The van der Waals surface area contributed by atoms with Gasteiger partial charge in [-0.3, -0.25) is 4.98 Å². The van der Waals surface area contributed by atoms with Crippen molar-refractivity contribution in [1.29, 1.82) is 0 Å². The first-order chi connectivity index (χ1) is 6.40. The Morgan fingerprint density at radius 1 is 1.31 bits per heavy atom. The zero-order valence-corrected chi connectivity index (χ0v) is 7.75. The third kappa shape index (κ3) is 1.69. The number of nitrogens with zero attached hydrogens (tertiary/aromatic N) is 1. The van der Waals surface area contributed by atoms with Crippen molar-refractivity contribution < 1.29 is 0 Å². The van der Waals surface area contributed by atoms with Crippen LogP contribution >= 0.6 is 0 Å². The average Bonchev–Trinajstić information content (AvgIpc) is 2.18. The zero-order valence-electron chi connectivity index (χ0n) is 7.75. The zero-order chi connectivity index (χ0) is 9.10. The van der Waals surface area contributed by atoms with Gasteiger partial charge in [0.1, 0.15) is 0 Å². The van der Waals surface area contributed by atoms with Crippen molar-refractivity contribution in [1.82, 2.24) is 4.98 Å². The summed E-state index contributed by atoms with van der Waals surface area (Å²) in [5, 5.41) is 1.10. The lowest BCUT2D eigenvalue weighted by atomic mass is 10.1. The van der Waals surface area contributed by atoms with Gasteiger partial charge in [0.2, 0.25) is 0 Å². The molecule has 0 aliphatic carbocycles. The number of hydrogen-bond donors (Lipinski definition) is 0. The van der Waals surface area contributed by atoms with Crippen LogP contribution < -0.4 is 0 Å². The van der Waals surface area contributed by atoms with Gasteiger partial charge in [0.25, 0.3) is 0 Å². The van der Waals surface area contributed by atoms with Crippen molar-refractivity contribution >= 4 is 10.9 Å². The van der Waals surface area contributed by atoms with E-state index in [2.05, 4.69) is 18.0 Å². The normalized spacial score (nSPS) is 10.5. The highest BCUT2D eigenvalue weighted by molar-refractivity contribution is 5.77. The van der Waals surface area contributed by atoms with E-state index in [0.717, 1.165) is 29.4 Å². The van der Waals surface area contributed by atoms with Crippen molar-refractivity contribution in [3.8, 4) is 0 Å². The standard InChI is InChI=1S/C12H12N/c1-2-5-11-9-8-10-6-3-4-7-12(10)13-11/h3-4,6-7,9H,2,5H2,1H3. The predicted octanol–water partition coefficient (Wildman–Crippen LogP) is 2.99. The van der Waals surface area contributed by atoms with E-state index in [-0.39, 0.29) is 0 Å². The maximum Gasteiger partial charge on any atom is 0.0711 e. The quantitative estimate of drug-likeness (QED) is 0.675. The van der Waals surface area contributed by atoms with Gasteiger partial charge in [-0.15, -0.1) is 0 Å². The Balaban J connectivity index is 2.49. The highest BCUT2D eigenvalue weighted by atomic mass is 14.7. The Morgan fingerprint density at radius 3 is 3.00 bits per heavy atom. The van der Waals surface area contributed by atoms with Gasteiger partial charge in [0.15, 0.2) is 0 Å². The molecule has 1 aromatic carbocycles.